The normalized spacial score (nSPS) is 13.9. The fourth-order valence-electron chi connectivity index (χ4n) is 3.20. The largest absolute Gasteiger partial charge is 0.350 e. The number of aryl methyl sites for hydroxylation is 1. The number of benzene rings is 2. The summed E-state index contributed by atoms with van der Waals surface area (Å²) in [4.78, 5) is 11.6. The summed E-state index contributed by atoms with van der Waals surface area (Å²) in [5, 5.41) is 3.72. The molecule has 0 saturated carbocycles. The number of nitrogens with zero attached hydrogens (tertiary/aromatic N) is 1. The Kier molecular flexibility index (Phi) is 3.63. The van der Waals surface area contributed by atoms with Gasteiger partial charge in [0.15, 0.2) is 0 Å². The summed E-state index contributed by atoms with van der Waals surface area (Å²) in [6.07, 6.45) is 2.14. The van der Waals surface area contributed by atoms with Crippen LogP contribution in [0.15, 0.2) is 53.6 Å². The highest BCUT2D eigenvalue weighted by atomic mass is 32.2. The van der Waals surface area contributed by atoms with Crippen molar-refractivity contribution < 1.29 is 13.2 Å². The number of carbonyl (C=O) groups is 1. The molecule has 4 rings (SSSR count). The summed E-state index contributed by atoms with van der Waals surface area (Å²) < 4.78 is 29.8. The van der Waals surface area contributed by atoms with Crippen molar-refractivity contribution in [3.8, 4) is 0 Å². The molecule has 0 aliphatic carbocycles. The molecule has 1 aromatic heterocycles. The van der Waals surface area contributed by atoms with E-state index in [1.807, 2.05) is 42.1 Å². The number of anilines is 1. The molecule has 0 atom stereocenters. The van der Waals surface area contributed by atoms with Crippen molar-refractivity contribution in [2.75, 3.05) is 5.32 Å². The molecule has 0 fully saturated rings. The molecular formula is C18H17N3O3S. The van der Waals surface area contributed by atoms with E-state index in [0.717, 1.165) is 16.5 Å². The monoisotopic (exact) mass is 355 g/mol. The average Bonchev–Trinajstić information content (AvgIpc) is 3.12. The van der Waals surface area contributed by atoms with E-state index >= 15 is 0 Å². The van der Waals surface area contributed by atoms with Crippen LogP contribution in [0, 0.1) is 0 Å². The molecule has 1 aliphatic heterocycles. The lowest BCUT2D eigenvalue weighted by molar-refractivity contribution is -0.115. The highest BCUT2D eigenvalue weighted by molar-refractivity contribution is 7.89. The van der Waals surface area contributed by atoms with Gasteiger partial charge < -0.3 is 9.88 Å². The lowest BCUT2D eigenvalue weighted by atomic mass is 10.2. The van der Waals surface area contributed by atoms with Crippen molar-refractivity contribution in [1.29, 1.82) is 0 Å². The van der Waals surface area contributed by atoms with E-state index in [0.29, 0.717) is 11.3 Å². The van der Waals surface area contributed by atoms with Crippen LogP contribution in [0.1, 0.15) is 11.1 Å². The first-order chi connectivity index (χ1) is 11.9. The molecule has 0 spiro atoms. The Hall–Kier alpha value is -2.64. The van der Waals surface area contributed by atoms with Gasteiger partial charge in [0.05, 0.1) is 11.3 Å². The summed E-state index contributed by atoms with van der Waals surface area (Å²) in [5.41, 5.74) is 3.36. The molecule has 1 aliphatic rings. The van der Waals surface area contributed by atoms with Crippen LogP contribution in [0.4, 0.5) is 5.69 Å². The predicted molar refractivity (Wildman–Crippen MR) is 95.7 cm³/mol. The van der Waals surface area contributed by atoms with Crippen LogP contribution >= 0.6 is 0 Å². The van der Waals surface area contributed by atoms with Gasteiger partial charge in [-0.3, -0.25) is 4.79 Å². The molecule has 2 N–H and O–H groups in total. The highest BCUT2D eigenvalue weighted by Gasteiger charge is 2.22. The fraction of sp³-hybridized carbons (Fsp3) is 0.167. The standard InChI is InChI=1S/C18H17N3O3S/c1-21-11-13(15-4-2-3-5-17(15)21)10-19-25(23,24)14-6-7-16-12(8-14)9-18(22)20-16/h2-8,11,19H,9-10H2,1H3,(H,20,22). The number of rotatable bonds is 4. The third kappa shape index (κ3) is 2.81. The molecule has 0 radical (unpaired) electrons. The summed E-state index contributed by atoms with van der Waals surface area (Å²) in [6.45, 7) is 0.206. The Morgan fingerprint density at radius 3 is 2.84 bits per heavy atom. The zero-order valence-electron chi connectivity index (χ0n) is 13.6. The Morgan fingerprint density at radius 1 is 1.20 bits per heavy atom. The zero-order valence-corrected chi connectivity index (χ0v) is 14.4. The first kappa shape index (κ1) is 15.9. The van der Waals surface area contributed by atoms with Gasteiger partial charge in [0.25, 0.3) is 0 Å². The smallest absolute Gasteiger partial charge is 0.240 e. The maximum Gasteiger partial charge on any atom is 0.240 e. The van der Waals surface area contributed by atoms with Crippen LogP contribution in [0.3, 0.4) is 0 Å². The van der Waals surface area contributed by atoms with Crippen molar-refractivity contribution in [3.05, 3.63) is 59.8 Å². The Balaban J connectivity index is 1.60. The third-order valence-corrected chi connectivity index (χ3v) is 5.84. The SMILES string of the molecule is Cn1cc(CNS(=O)(=O)c2ccc3c(c2)CC(=O)N3)c2ccccc21. The van der Waals surface area contributed by atoms with Gasteiger partial charge >= 0.3 is 0 Å². The minimum absolute atomic E-state index is 0.117. The molecule has 25 heavy (non-hydrogen) atoms. The van der Waals surface area contributed by atoms with Crippen molar-refractivity contribution in [2.45, 2.75) is 17.9 Å². The molecule has 2 heterocycles. The molecule has 6 nitrogen and oxygen atoms in total. The van der Waals surface area contributed by atoms with Crippen LogP contribution < -0.4 is 10.0 Å². The van der Waals surface area contributed by atoms with Crippen LogP contribution in [-0.2, 0) is 34.8 Å². The number of sulfonamides is 1. The third-order valence-electron chi connectivity index (χ3n) is 4.44. The Bertz CT molecular complexity index is 1100. The fourth-order valence-corrected chi connectivity index (χ4v) is 4.25. The molecule has 0 bridgehead atoms. The number of fused-ring (bicyclic) bond motifs is 2. The number of amides is 1. The first-order valence-corrected chi connectivity index (χ1v) is 9.38. The quantitative estimate of drug-likeness (QED) is 0.752. The van der Waals surface area contributed by atoms with E-state index in [1.165, 1.54) is 6.07 Å². The first-order valence-electron chi connectivity index (χ1n) is 7.89. The molecule has 0 unspecified atom stereocenters. The summed E-state index contributed by atoms with van der Waals surface area (Å²) in [6, 6.07) is 12.6. The van der Waals surface area contributed by atoms with Gasteiger partial charge in [0.2, 0.25) is 15.9 Å². The van der Waals surface area contributed by atoms with E-state index in [9.17, 15) is 13.2 Å². The molecule has 0 saturated heterocycles. The minimum Gasteiger partial charge on any atom is -0.350 e. The molecule has 2 aromatic carbocycles. The van der Waals surface area contributed by atoms with Crippen LogP contribution in [0.25, 0.3) is 10.9 Å². The van der Waals surface area contributed by atoms with E-state index in [4.69, 9.17) is 0 Å². The maximum absolute atomic E-state index is 12.6. The molecule has 128 valence electrons. The molecule has 7 heteroatoms. The van der Waals surface area contributed by atoms with E-state index in [-0.39, 0.29) is 23.8 Å². The zero-order chi connectivity index (χ0) is 17.6. The lowest BCUT2D eigenvalue weighted by Crippen LogP contribution is -2.23. The Morgan fingerprint density at radius 2 is 2.00 bits per heavy atom. The van der Waals surface area contributed by atoms with E-state index < -0.39 is 10.0 Å². The van der Waals surface area contributed by atoms with Gasteiger partial charge in [-0.1, -0.05) is 18.2 Å². The van der Waals surface area contributed by atoms with Gasteiger partial charge in [0, 0.05) is 36.4 Å². The van der Waals surface area contributed by atoms with Gasteiger partial charge in [-0.15, -0.1) is 0 Å². The predicted octanol–water partition coefficient (Wildman–Crippen LogP) is 2.15. The highest BCUT2D eigenvalue weighted by Crippen LogP contribution is 2.26. The van der Waals surface area contributed by atoms with Crippen molar-refractivity contribution in [3.63, 3.8) is 0 Å². The summed E-state index contributed by atoms with van der Waals surface area (Å²) in [5.74, 6) is -0.117. The maximum atomic E-state index is 12.6. The number of carbonyl (C=O) groups excluding carboxylic acids is 1. The topological polar surface area (TPSA) is 80.2 Å². The molecule has 3 aromatic rings. The second-order valence-electron chi connectivity index (χ2n) is 6.15. The second kappa shape index (κ2) is 5.72. The van der Waals surface area contributed by atoms with Gasteiger partial charge in [-0.2, -0.15) is 0 Å². The van der Waals surface area contributed by atoms with Gasteiger partial charge in [0.1, 0.15) is 0 Å². The van der Waals surface area contributed by atoms with E-state index in [1.54, 1.807) is 12.1 Å². The number of hydrogen-bond donors (Lipinski definition) is 2. The van der Waals surface area contributed by atoms with Crippen molar-refractivity contribution >= 4 is 32.5 Å². The second-order valence-corrected chi connectivity index (χ2v) is 7.92. The minimum atomic E-state index is -3.66. The van der Waals surface area contributed by atoms with Crippen LogP contribution in [-0.4, -0.2) is 18.9 Å². The molecule has 1 amide bonds. The van der Waals surface area contributed by atoms with Gasteiger partial charge in [-0.05, 0) is 35.4 Å². The van der Waals surface area contributed by atoms with Crippen molar-refractivity contribution in [1.82, 2.24) is 9.29 Å². The van der Waals surface area contributed by atoms with Crippen LogP contribution in [0.2, 0.25) is 0 Å². The van der Waals surface area contributed by atoms with Crippen LogP contribution in [0.5, 0.6) is 0 Å². The van der Waals surface area contributed by atoms with E-state index in [2.05, 4.69) is 10.0 Å². The summed E-state index contributed by atoms with van der Waals surface area (Å²) >= 11 is 0. The summed E-state index contributed by atoms with van der Waals surface area (Å²) in [7, 11) is -1.72. The number of hydrogen-bond acceptors (Lipinski definition) is 3. The lowest BCUT2D eigenvalue weighted by Gasteiger charge is -2.08. The number of aromatic nitrogens is 1. The Labute approximate surface area is 145 Å². The molecular weight excluding hydrogens is 338 g/mol. The number of nitrogens with one attached hydrogen (secondary N) is 2. The number of para-hydroxylation sites is 1. The van der Waals surface area contributed by atoms with Crippen molar-refractivity contribution in [2.24, 2.45) is 7.05 Å². The average molecular weight is 355 g/mol. The van der Waals surface area contributed by atoms with Gasteiger partial charge in [-0.25, -0.2) is 13.1 Å².